The third-order valence-corrected chi connectivity index (χ3v) is 5.43. The van der Waals surface area contributed by atoms with Gasteiger partial charge in [0.25, 0.3) is 11.8 Å². The highest BCUT2D eigenvalue weighted by Gasteiger charge is 2.25. The van der Waals surface area contributed by atoms with Gasteiger partial charge in [-0.25, -0.2) is 4.39 Å². The molecule has 1 aliphatic carbocycles. The fourth-order valence-corrected chi connectivity index (χ4v) is 2.94. The highest BCUT2D eigenvalue weighted by Crippen LogP contribution is 2.34. The molecule has 2 aromatic rings. The standard InChI is InChI=1S/C23H27FN2O3/c1-12(2)14(4)25-22(28)15-5-8-18(21(27)11-15)19-9-16(10-20(24)13(19)3)23(29)26-17-6-7-17/h5,8-12,14,17,27H,6-7H2,1-4H3,(H,25,28)(H,26,29)/t14-/m1/s1. The minimum absolute atomic E-state index is 0.0117. The molecule has 0 bridgehead atoms. The van der Waals surface area contributed by atoms with Gasteiger partial charge in [-0.15, -0.1) is 0 Å². The normalized spacial score (nSPS) is 14.6. The van der Waals surface area contributed by atoms with Crippen LogP contribution in [0.15, 0.2) is 30.3 Å². The van der Waals surface area contributed by atoms with E-state index in [0.29, 0.717) is 22.3 Å². The number of rotatable bonds is 6. The molecular formula is C23H27FN2O3. The van der Waals surface area contributed by atoms with Gasteiger partial charge in [-0.2, -0.15) is 0 Å². The third-order valence-electron chi connectivity index (χ3n) is 5.43. The topological polar surface area (TPSA) is 78.4 Å². The van der Waals surface area contributed by atoms with Crippen LogP contribution in [0, 0.1) is 18.7 Å². The van der Waals surface area contributed by atoms with Crippen molar-refractivity contribution in [2.24, 2.45) is 5.92 Å². The summed E-state index contributed by atoms with van der Waals surface area (Å²) in [5, 5.41) is 16.3. The van der Waals surface area contributed by atoms with Crippen LogP contribution in [0.5, 0.6) is 5.75 Å². The van der Waals surface area contributed by atoms with Gasteiger partial charge in [-0.05, 0) is 74.1 Å². The Labute approximate surface area is 170 Å². The fourth-order valence-electron chi connectivity index (χ4n) is 2.94. The van der Waals surface area contributed by atoms with E-state index < -0.39 is 5.82 Å². The van der Waals surface area contributed by atoms with E-state index in [0.717, 1.165) is 12.8 Å². The van der Waals surface area contributed by atoms with E-state index in [2.05, 4.69) is 10.6 Å². The highest BCUT2D eigenvalue weighted by molar-refractivity contribution is 5.98. The minimum atomic E-state index is -0.518. The monoisotopic (exact) mass is 398 g/mol. The molecule has 29 heavy (non-hydrogen) atoms. The largest absolute Gasteiger partial charge is 0.507 e. The van der Waals surface area contributed by atoms with E-state index in [1.165, 1.54) is 12.1 Å². The van der Waals surface area contributed by atoms with Gasteiger partial charge >= 0.3 is 0 Å². The van der Waals surface area contributed by atoms with Crippen LogP contribution in [0.4, 0.5) is 4.39 Å². The lowest BCUT2D eigenvalue weighted by Crippen LogP contribution is -2.36. The second-order valence-electron chi connectivity index (χ2n) is 8.12. The van der Waals surface area contributed by atoms with E-state index in [9.17, 15) is 19.1 Å². The molecule has 0 radical (unpaired) electrons. The molecule has 2 aromatic carbocycles. The molecule has 1 saturated carbocycles. The van der Waals surface area contributed by atoms with Crippen molar-refractivity contribution in [3.63, 3.8) is 0 Å². The second kappa shape index (κ2) is 8.23. The molecule has 1 aliphatic rings. The number of hydrogen-bond donors (Lipinski definition) is 3. The Morgan fingerprint density at radius 1 is 1.03 bits per heavy atom. The summed E-state index contributed by atoms with van der Waals surface area (Å²) in [6.07, 6.45) is 1.87. The van der Waals surface area contributed by atoms with Crippen LogP contribution < -0.4 is 10.6 Å². The van der Waals surface area contributed by atoms with E-state index in [4.69, 9.17) is 0 Å². The lowest BCUT2D eigenvalue weighted by Gasteiger charge is -2.18. The number of phenols is 1. The molecule has 1 atom stereocenters. The van der Waals surface area contributed by atoms with Crippen LogP contribution >= 0.6 is 0 Å². The number of hydrogen-bond acceptors (Lipinski definition) is 3. The highest BCUT2D eigenvalue weighted by atomic mass is 19.1. The van der Waals surface area contributed by atoms with Gasteiger partial charge in [0.1, 0.15) is 11.6 Å². The van der Waals surface area contributed by atoms with Gasteiger partial charge in [0.2, 0.25) is 0 Å². The summed E-state index contributed by atoms with van der Waals surface area (Å²) in [7, 11) is 0. The summed E-state index contributed by atoms with van der Waals surface area (Å²) in [5.74, 6) is -0.992. The van der Waals surface area contributed by atoms with Crippen molar-refractivity contribution >= 4 is 11.8 Å². The van der Waals surface area contributed by atoms with Crippen molar-refractivity contribution in [3.05, 3.63) is 52.8 Å². The summed E-state index contributed by atoms with van der Waals surface area (Å²) >= 11 is 0. The number of amides is 2. The molecule has 0 saturated heterocycles. The predicted molar refractivity (Wildman–Crippen MR) is 110 cm³/mol. The summed E-state index contributed by atoms with van der Waals surface area (Å²) in [4.78, 5) is 24.7. The van der Waals surface area contributed by atoms with Gasteiger partial charge in [0.05, 0.1) is 0 Å². The number of carbonyl (C=O) groups is 2. The second-order valence-corrected chi connectivity index (χ2v) is 8.12. The maximum absolute atomic E-state index is 14.5. The molecule has 1 fully saturated rings. The predicted octanol–water partition coefficient (Wildman–Crippen LogP) is 4.17. The van der Waals surface area contributed by atoms with Crippen molar-refractivity contribution in [1.29, 1.82) is 0 Å². The number of benzene rings is 2. The van der Waals surface area contributed by atoms with Crippen molar-refractivity contribution in [3.8, 4) is 16.9 Å². The van der Waals surface area contributed by atoms with Crippen molar-refractivity contribution < 1.29 is 19.1 Å². The number of nitrogens with one attached hydrogen (secondary N) is 2. The SMILES string of the molecule is Cc1c(F)cc(C(=O)NC2CC2)cc1-c1ccc(C(=O)N[C@H](C)C(C)C)cc1O. The average Bonchev–Trinajstić information content (AvgIpc) is 3.47. The van der Waals surface area contributed by atoms with E-state index in [1.807, 2.05) is 20.8 Å². The van der Waals surface area contributed by atoms with E-state index >= 15 is 0 Å². The Balaban J connectivity index is 1.91. The molecule has 5 nitrogen and oxygen atoms in total. The molecule has 0 aromatic heterocycles. The van der Waals surface area contributed by atoms with Gasteiger partial charge in [0, 0.05) is 28.8 Å². The smallest absolute Gasteiger partial charge is 0.251 e. The summed E-state index contributed by atoms with van der Waals surface area (Å²) in [6, 6.07) is 7.47. The molecule has 0 spiro atoms. The zero-order valence-corrected chi connectivity index (χ0v) is 17.2. The zero-order valence-electron chi connectivity index (χ0n) is 17.2. The Morgan fingerprint density at radius 3 is 2.31 bits per heavy atom. The van der Waals surface area contributed by atoms with Crippen LogP contribution in [-0.4, -0.2) is 29.0 Å². The van der Waals surface area contributed by atoms with E-state index in [-0.39, 0.29) is 41.1 Å². The van der Waals surface area contributed by atoms with E-state index in [1.54, 1.807) is 25.1 Å². The molecule has 6 heteroatoms. The van der Waals surface area contributed by atoms with Gasteiger partial charge in [-0.3, -0.25) is 9.59 Å². The van der Waals surface area contributed by atoms with Gasteiger partial charge < -0.3 is 15.7 Å². The lowest BCUT2D eigenvalue weighted by atomic mass is 9.95. The summed E-state index contributed by atoms with van der Waals surface area (Å²) in [5.41, 5.74) is 1.65. The maximum atomic E-state index is 14.5. The van der Waals surface area contributed by atoms with Crippen LogP contribution in [0.3, 0.4) is 0 Å². The number of carbonyl (C=O) groups excluding carboxylic acids is 2. The Hall–Kier alpha value is -2.89. The first kappa shape index (κ1) is 20.8. The number of aromatic hydroxyl groups is 1. The van der Waals surface area contributed by atoms with Gasteiger partial charge in [-0.1, -0.05) is 13.8 Å². The zero-order chi connectivity index (χ0) is 21.3. The Kier molecular flexibility index (Phi) is 5.91. The number of halogens is 1. The first-order valence-electron chi connectivity index (χ1n) is 9.92. The molecule has 3 N–H and O–H groups in total. The van der Waals surface area contributed by atoms with Crippen LogP contribution in [0.2, 0.25) is 0 Å². The Bertz CT molecular complexity index is 951. The molecular weight excluding hydrogens is 371 g/mol. The Morgan fingerprint density at radius 2 is 1.72 bits per heavy atom. The van der Waals surface area contributed by atoms with Crippen LogP contribution in [0.1, 0.15) is 59.9 Å². The van der Waals surface area contributed by atoms with Crippen molar-refractivity contribution in [2.75, 3.05) is 0 Å². The summed E-state index contributed by atoms with van der Waals surface area (Å²) < 4.78 is 14.5. The number of phenolic OH excluding ortho intramolecular Hbond substituents is 1. The fraction of sp³-hybridized carbons (Fsp3) is 0.391. The van der Waals surface area contributed by atoms with Crippen LogP contribution in [-0.2, 0) is 0 Å². The molecule has 2 amide bonds. The third kappa shape index (κ3) is 4.75. The van der Waals surface area contributed by atoms with Crippen molar-refractivity contribution in [1.82, 2.24) is 10.6 Å². The van der Waals surface area contributed by atoms with Gasteiger partial charge in [0.15, 0.2) is 0 Å². The summed E-state index contributed by atoms with van der Waals surface area (Å²) in [6.45, 7) is 7.53. The molecule has 154 valence electrons. The minimum Gasteiger partial charge on any atom is -0.507 e. The molecule has 0 unspecified atom stereocenters. The quantitative estimate of drug-likeness (QED) is 0.683. The lowest BCUT2D eigenvalue weighted by molar-refractivity contribution is 0.0927. The molecule has 0 heterocycles. The maximum Gasteiger partial charge on any atom is 0.251 e. The molecule has 0 aliphatic heterocycles. The molecule has 3 rings (SSSR count). The first-order valence-corrected chi connectivity index (χ1v) is 9.92. The van der Waals surface area contributed by atoms with Crippen molar-refractivity contribution in [2.45, 2.75) is 52.6 Å². The first-order chi connectivity index (χ1) is 13.7. The average molecular weight is 398 g/mol. The van der Waals surface area contributed by atoms with Crippen LogP contribution in [0.25, 0.3) is 11.1 Å².